The third kappa shape index (κ3) is 7.37. The highest BCUT2D eigenvalue weighted by Gasteiger charge is 2.02. The number of thiocarbonyl (C=S) groups is 1. The minimum atomic E-state index is 0.419. The Bertz CT molecular complexity index is 763. The van der Waals surface area contributed by atoms with E-state index in [0.29, 0.717) is 36.4 Å². The van der Waals surface area contributed by atoms with Gasteiger partial charge >= 0.3 is 0 Å². The summed E-state index contributed by atoms with van der Waals surface area (Å²) in [4.78, 5) is 0. The molecule has 7 heteroatoms. The third-order valence-electron chi connectivity index (χ3n) is 3.35. The van der Waals surface area contributed by atoms with Crippen molar-refractivity contribution in [2.24, 2.45) is 5.10 Å². The minimum Gasteiger partial charge on any atom is -0.493 e. The number of hydrogen-bond donors (Lipinski definition) is 2. The van der Waals surface area contributed by atoms with Crippen molar-refractivity contribution >= 4 is 23.5 Å². The maximum Gasteiger partial charge on any atom is 0.187 e. The Balaban J connectivity index is 1.72. The quantitative estimate of drug-likeness (QED) is 0.215. The van der Waals surface area contributed by atoms with Crippen molar-refractivity contribution in [2.75, 3.05) is 26.9 Å². The molecule has 6 nitrogen and oxygen atoms in total. The van der Waals surface area contributed by atoms with Gasteiger partial charge in [0.2, 0.25) is 0 Å². The van der Waals surface area contributed by atoms with Crippen LogP contribution < -0.4 is 25.0 Å². The van der Waals surface area contributed by atoms with Crippen molar-refractivity contribution in [1.29, 1.82) is 0 Å². The average Bonchev–Trinajstić information content (AvgIpc) is 2.71. The molecule has 0 aliphatic rings. The molecule has 0 saturated carbocycles. The van der Waals surface area contributed by atoms with E-state index in [1.807, 2.05) is 48.5 Å². The molecule has 0 aliphatic heterocycles. The predicted octanol–water partition coefficient (Wildman–Crippen LogP) is 3.14. The second-order valence-corrected chi connectivity index (χ2v) is 5.69. The molecule has 2 N–H and O–H groups in total. The summed E-state index contributed by atoms with van der Waals surface area (Å²) in [6.07, 6.45) is 3.40. The normalized spacial score (nSPS) is 10.3. The standard InChI is InChI=1S/C20H23N3O3S/c1-3-12-21-20(27)23-22-15-16-8-10-17(11-9-16)25-13-14-26-19-7-5-4-6-18(19)24-2/h3-11,15H,1,12-14H2,2H3,(H2,21,23,27). The van der Waals surface area contributed by atoms with Crippen LogP contribution >= 0.6 is 12.2 Å². The summed E-state index contributed by atoms with van der Waals surface area (Å²) in [6, 6.07) is 15.1. The number of nitrogens with zero attached hydrogens (tertiary/aromatic N) is 1. The number of ether oxygens (including phenoxy) is 3. The van der Waals surface area contributed by atoms with Gasteiger partial charge in [0.05, 0.1) is 13.3 Å². The molecule has 0 atom stereocenters. The first-order valence-corrected chi connectivity index (χ1v) is 8.80. The number of rotatable bonds is 10. The lowest BCUT2D eigenvalue weighted by atomic mass is 10.2. The SMILES string of the molecule is C=CCNC(=S)NN=Cc1ccc(OCCOc2ccccc2OC)cc1. The first-order valence-electron chi connectivity index (χ1n) is 8.39. The highest BCUT2D eigenvalue weighted by Crippen LogP contribution is 2.25. The van der Waals surface area contributed by atoms with Gasteiger partial charge in [-0.3, -0.25) is 5.43 Å². The summed E-state index contributed by atoms with van der Waals surface area (Å²) in [5, 5.41) is 7.43. The predicted molar refractivity (Wildman–Crippen MR) is 112 cm³/mol. The van der Waals surface area contributed by atoms with E-state index >= 15 is 0 Å². The van der Waals surface area contributed by atoms with E-state index in [1.54, 1.807) is 19.4 Å². The van der Waals surface area contributed by atoms with Crippen molar-refractivity contribution < 1.29 is 14.2 Å². The maximum absolute atomic E-state index is 5.68. The number of nitrogens with one attached hydrogen (secondary N) is 2. The van der Waals surface area contributed by atoms with Crippen LogP contribution in [0.1, 0.15) is 5.56 Å². The molecule has 0 aromatic heterocycles. The first-order chi connectivity index (χ1) is 13.2. The molecule has 0 radical (unpaired) electrons. The van der Waals surface area contributed by atoms with Crippen molar-refractivity contribution in [2.45, 2.75) is 0 Å². The second kappa shape index (κ2) is 11.5. The second-order valence-electron chi connectivity index (χ2n) is 5.29. The van der Waals surface area contributed by atoms with Gasteiger partial charge in [0.1, 0.15) is 19.0 Å². The van der Waals surface area contributed by atoms with Gasteiger partial charge in [-0.1, -0.05) is 18.2 Å². The molecule has 0 spiro atoms. The molecule has 0 aliphatic carbocycles. The van der Waals surface area contributed by atoms with Gasteiger partial charge in [-0.25, -0.2) is 0 Å². The summed E-state index contributed by atoms with van der Waals surface area (Å²) < 4.78 is 16.6. The Labute approximate surface area is 164 Å². The zero-order valence-corrected chi connectivity index (χ0v) is 16.0. The molecule has 0 unspecified atom stereocenters. The smallest absolute Gasteiger partial charge is 0.187 e. The summed E-state index contributed by atoms with van der Waals surface area (Å²) in [7, 11) is 1.62. The average molecular weight is 385 g/mol. The van der Waals surface area contributed by atoms with E-state index < -0.39 is 0 Å². The van der Waals surface area contributed by atoms with E-state index in [9.17, 15) is 0 Å². The number of hydrogen-bond acceptors (Lipinski definition) is 5. The Morgan fingerprint density at radius 3 is 2.48 bits per heavy atom. The molecule has 0 heterocycles. The molecule has 0 bridgehead atoms. The van der Waals surface area contributed by atoms with Gasteiger partial charge < -0.3 is 19.5 Å². The molecule has 0 saturated heterocycles. The Morgan fingerprint density at radius 1 is 1.07 bits per heavy atom. The van der Waals surface area contributed by atoms with Crippen LogP contribution in [-0.4, -0.2) is 38.2 Å². The van der Waals surface area contributed by atoms with Crippen LogP contribution in [0.3, 0.4) is 0 Å². The lowest BCUT2D eigenvalue weighted by Crippen LogP contribution is -2.31. The molecule has 2 aromatic carbocycles. The van der Waals surface area contributed by atoms with Crippen molar-refractivity contribution in [3.63, 3.8) is 0 Å². The Morgan fingerprint density at radius 2 is 1.78 bits per heavy atom. The molecule has 0 amide bonds. The lowest BCUT2D eigenvalue weighted by Gasteiger charge is -2.11. The van der Waals surface area contributed by atoms with Crippen molar-refractivity contribution in [3.05, 3.63) is 66.7 Å². The molecule has 2 aromatic rings. The summed E-state index contributed by atoms with van der Waals surface area (Å²) >= 11 is 5.04. The van der Waals surface area contributed by atoms with Gasteiger partial charge in [-0.2, -0.15) is 5.10 Å². The maximum atomic E-state index is 5.68. The van der Waals surface area contributed by atoms with Gasteiger partial charge in [0, 0.05) is 6.54 Å². The van der Waals surface area contributed by atoms with Gasteiger partial charge in [-0.05, 0) is 54.2 Å². The molecule has 2 rings (SSSR count). The van der Waals surface area contributed by atoms with Crippen LogP contribution in [0.15, 0.2) is 66.3 Å². The van der Waals surface area contributed by atoms with Gasteiger partial charge in [-0.15, -0.1) is 6.58 Å². The van der Waals surface area contributed by atoms with E-state index in [4.69, 9.17) is 26.4 Å². The number of para-hydroxylation sites is 2. The van der Waals surface area contributed by atoms with Crippen LogP contribution in [-0.2, 0) is 0 Å². The van der Waals surface area contributed by atoms with Crippen molar-refractivity contribution in [1.82, 2.24) is 10.7 Å². The van der Waals surface area contributed by atoms with Crippen LogP contribution in [0, 0.1) is 0 Å². The Hall–Kier alpha value is -3.06. The van der Waals surface area contributed by atoms with Crippen LogP contribution in [0.25, 0.3) is 0 Å². The fourth-order valence-electron chi connectivity index (χ4n) is 2.07. The van der Waals surface area contributed by atoms with E-state index in [0.717, 1.165) is 11.3 Å². The molecular formula is C20H23N3O3S. The van der Waals surface area contributed by atoms with Crippen molar-refractivity contribution in [3.8, 4) is 17.2 Å². The largest absolute Gasteiger partial charge is 0.493 e. The van der Waals surface area contributed by atoms with Crippen LogP contribution in [0.2, 0.25) is 0 Å². The Kier molecular flexibility index (Phi) is 8.65. The topological polar surface area (TPSA) is 64.1 Å². The number of hydrazone groups is 1. The minimum absolute atomic E-state index is 0.419. The van der Waals surface area contributed by atoms with Gasteiger partial charge in [0.25, 0.3) is 0 Å². The highest BCUT2D eigenvalue weighted by molar-refractivity contribution is 7.80. The molecular weight excluding hydrogens is 362 g/mol. The summed E-state index contributed by atoms with van der Waals surface area (Å²) in [5.74, 6) is 2.16. The zero-order valence-electron chi connectivity index (χ0n) is 15.2. The summed E-state index contributed by atoms with van der Waals surface area (Å²) in [6.45, 7) is 5.04. The molecule has 0 fully saturated rings. The summed E-state index contributed by atoms with van der Waals surface area (Å²) in [5.41, 5.74) is 3.65. The van der Waals surface area contributed by atoms with Gasteiger partial charge in [0.15, 0.2) is 16.6 Å². The monoisotopic (exact) mass is 385 g/mol. The van der Waals surface area contributed by atoms with E-state index in [1.165, 1.54) is 0 Å². The lowest BCUT2D eigenvalue weighted by molar-refractivity contribution is 0.211. The molecule has 27 heavy (non-hydrogen) atoms. The fraction of sp³-hybridized carbons (Fsp3) is 0.200. The highest BCUT2D eigenvalue weighted by atomic mass is 32.1. The number of benzene rings is 2. The van der Waals surface area contributed by atoms with Crippen LogP contribution in [0.5, 0.6) is 17.2 Å². The van der Waals surface area contributed by atoms with Crippen LogP contribution in [0.4, 0.5) is 0 Å². The van der Waals surface area contributed by atoms with E-state index in [2.05, 4.69) is 22.4 Å². The number of methoxy groups -OCH3 is 1. The third-order valence-corrected chi connectivity index (χ3v) is 3.58. The zero-order chi connectivity index (χ0) is 19.3. The first kappa shape index (κ1) is 20.3. The van der Waals surface area contributed by atoms with E-state index in [-0.39, 0.29) is 0 Å². The molecule has 142 valence electrons. The fourth-order valence-corrected chi connectivity index (χ4v) is 2.21.